The van der Waals surface area contributed by atoms with Gasteiger partial charge in [0.05, 0.1) is 18.6 Å². The van der Waals surface area contributed by atoms with Gasteiger partial charge in [-0.3, -0.25) is 9.59 Å². The van der Waals surface area contributed by atoms with Crippen LogP contribution in [-0.4, -0.2) is 22.7 Å². The highest BCUT2D eigenvalue weighted by Gasteiger charge is 2.08. The summed E-state index contributed by atoms with van der Waals surface area (Å²) in [5, 5.41) is 13.0. The number of carbonyl (C=O) groups is 2. The van der Waals surface area contributed by atoms with Crippen LogP contribution in [0.15, 0.2) is 65.8 Å². The minimum absolute atomic E-state index is 0.0394. The van der Waals surface area contributed by atoms with E-state index in [-0.39, 0.29) is 25.2 Å². The van der Waals surface area contributed by atoms with E-state index in [4.69, 9.17) is 5.11 Å². The Morgan fingerprint density at radius 1 is 0.913 bits per heavy atom. The second kappa shape index (κ2) is 8.48. The fourth-order valence-corrected chi connectivity index (χ4v) is 2.07. The Hall–Kier alpha value is -2.95. The molecule has 0 radical (unpaired) electrons. The molecule has 0 aliphatic rings. The number of nitrogens with one attached hydrogen (secondary N) is 1. The van der Waals surface area contributed by atoms with E-state index in [9.17, 15) is 9.59 Å². The van der Waals surface area contributed by atoms with Gasteiger partial charge in [-0.15, -0.1) is 0 Å². The van der Waals surface area contributed by atoms with Crippen molar-refractivity contribution >= 4 is 17.6 Å². The molecule has 0 saturated heterocycles. The van der Waals surface area contributed by atoms with Crippen LogP contribution < -0.4 is 5.43 Å². The van der Waals surface area contributed by atoms with Gasteiger partial charge in [-0.05, 0) is 11.1 Å². The number of hydrogen-bond acceptors (Lipinski definition) is 3. The van der Waals surface area contributed by atoms with Crippen molar-refractivity contribution in [2.75, 3.05) is 0 Å². The number of hydrazone groups is 1. The van der Waals surface area contributed by atoms with Gasteiger partial charge in [-0.25, -0.2) is 5.43 Å². The molecule has 0 aromatic heterocycles. The molecule has 0 atom stereocenters. The molecule has 0 saturated carbocycles. The summed E-state index contributed by atoms with van der Waals surface area (Å²) in [5.41, 5.74) is 4.76. The van der Waals surface area contributed by atoms with E-state index in [1.54, 1.807) is 0 Å². The maximum atomic E-state index is 12.0. The van der Waals surface area contributed by atoms with Crippen LogP contribution in [0.2, 0.25) is 0 Å². The van der Waals surface area contributed by atoms with Gasteiger partial charge < -0.3 is 5.11 Å². The molecule has 0 fully saturated rings. The zero-order chi connectivity index (χ0) is 16.5. The van der Waals surface area contributed by atoms with Gasteiger partial charge in [0.25, 0.3) is 0 Å². The molecule has 2 N–H and O–H groups in total. The first-order valence-corrected chi connectivity index (χ1v) is 7.31. The number of hydrogen-bond donors (Lipinski definition) is 2. The van der Waals surface area contributed by atoms with Crippen molar-refractivity contribution in [2.45, 2.75) is 19.3 Å². The first-order chi connectivity index (χ1) is 11.1. The molecule has 0 heterocycles. The van der Waals surface area contributed by atoms with E-state index in [0.29, 0.717) is 5.71 Å². The SMILES string of the molecule is O=C(O)CCC(=NNC(=O)Cc1ccccc1)c1ccccc1. The average molecular weight is 310 g/mol. The molecule has 0 aliphatic carbocycles. The Labute approximate surface area is 134 Å². The van der Waals surface area contributed by atoms with Crippen LogP contribution in [0.4, 0.5) is 0 Å². The number of nitrogens with zero attached hydrogens (tertiary/aromatic N) is 1. The summed E-state index contributed by atoms with van der Waals surface area (Å²) >= 11 is 0. The van der Waals surface area contributed by atoms with Crippen LogP contribution in [0.3, 0.4) is 0 Å². The number of carboxylic acids is 1. The van der Waals surface area contributed by atoms with Crippen molar-refractivity contribution < 1.29 is 14.7 Å². The fourth-order valence-electron chi connectivity index (χ4n) is 2.07. The van der Waals surface area contributed by atoms with Crippen LogP contribution in [0.1, 0.15) is 24.0 Å². The van der Waals surface area contributed by atoms with Crippen LogP contribution in [0, 0.1) is 0 Å². The second-order valence-corrected chi connectivity index (χ2v) is 5.02. The van der Waals surface area contributed by atoms with Gasteiger partial charge in [0.2, 0.25) is 5.91 Å². The molecule has 23 heavy (non-hydrogen) atoms. The molecule has 0 aliphatic heterocycles. The van der Waals surface area contributed by atoms with E-state index in [0.717, 1.165) is 11.1 Å². The molecule has 0 bridgehead atoms. The summed E-state index contributed by atoms with van der Waals surface area (Å²) in [6.07, 6.45) is 0.443. The number of carbonyl (C=O) groups excluding carboxylic acids is 1. The normalized spacial score (nSPS) is 11.0. The lowest BCUT2D eigenvalue weighted by molar-refractivity contribution is -0.136. The van der Waals surface area contributed by atoms with Crippen molar-refractivity contribution in [1.29, 1.82) is 0 Å². The summed E-state index contributed by atoms with van der Waals surface area (Å²) in [6, 6.07) is 18.6. The summed E-state index contributed by atoms with van der Waals surface area (Å²) < 4.78 is 0. The minimum Gasteiger partial charge on any atom is -0.481 e. The zero-order valence-electron chi connectivity index (χ0n) is 12.6. The Balaban J connectivity index is 2.04. The van der Waals surface area contributed by atoms with E-state index in [2.05, 4.69) is 10.5 Å². The van der Waals surface area contributed by atoms with E-state index >= 15 is 0 Å². The first-order valence-electron chi connectivity index (χ1n) is 7.31. The number of amides is 1. The predicted octanol–water partition coefficient (Wildman–Crippen LogP) is 2.61. The van der Waals surface area contributed by atoms with Gasteiger partial charge in [-0.1, -0.05) is 60.7 Å². The van der Waals surface area contributed by atoms with Gasteiger partial charge >= 0.3 is 5.97 Å². The van der Waals surface area contributed by atoms with Crippen LogP contribution in [-0.2, 0) is 16.0 Å². The maximum Gasteiger partial charge on any atom is 0.303 e. The van der Waals surface area contributed by atoms with E-state index < -0.39 is 5.97 Å². The Bertz CT molecular complexity index is 682. The lowest BCUT2D eigenvalue weighted by Gasteiger charge is -2.06. The highest BCUT2D eigenvalue weighted by Crippen LogP contribution is 2.07. The van der Waals surface area contributed by atoms with E-state index in [1.807, 2.05) is 60.7 Å². The van der Waals surface area contributed by atoms with Crippen LogP contribution in [0.5, 0.6) is 0 Å². The summed E-state index contributed by atoms with van der Waals surface area (Å²) in [4.78, 5) is 22.7. The van der Waals surface area contributed by atoms with Crippen LogP contribution >= 0.6 is 0 Å². The van der Waals surface area contributed by atoms with Gasteiger partial charge in [0.15, 0.2) is 0 Å². The second-order valence-electron chi connectivity index (χ2n) is 5.02. The highest BCUT2D eigenvalue weighted by molar-refractivity contribution is 6.02. The highest BCUT2D eigenvalue weighted by atomic mass is 16.4. The third-order valence-electron chi connectivity index (χ3n) is 3.21. The van der Waals surface area contributed by atoms with Crippen molar-refractivity contribution in [3.05, 3.63) is 71.8 Å². The molecule has 5 nitrogen and oxygen atoms in total. The molecular weight excluding hydrogens is 292 g/mol. The third kappa shape index (κ3) is 5.74. The first kappa shape index (κ1) is 16.4. The summed E-state index contributed by atoms with van der Waals surface area (Å²) in [7, 11) is 0. The molecule has 0 unspecified atom stereocenters. The molecule has 2 aromatic carbocycles. The molecule has 1 amide bonds. The predicted molar refractivity (Wildman–Crippen MR) is 88.1 cm³/mol. The van der Waals surface area contributed by atoms with Crippen molar-refractivity contribution in [1.82, 2.24) is 5.43 Å². The smallest absolute Gasteiger partial charge is 0.303 e. The summed E-state index contributed by atoms with van der Waals surface area (Å²) in [6.45, 7) is 0. The zero-order valence-corrected chi connectivity index (χ0v) is 12.6. The van der Waals surface area contributed by atoms with Crippen molar-refractivity contribution in [3.63, 3.8) is 0 Å². The number of benzene rings is 2. The largest absolute Gasteiger partial charge is 0.481 e. The lowest BCUT2D eigenvalue weighted by atomic mass is 10.1. The maximum absolute atomic E-state index is 12.0. The quantitative estimate of drug-likeness (QED) is 0.609. The topological polar surface area (TPSA) is 78.8 Å². The number of aliphatic carboxylic acids is 1. The number of rotatable bonds is 7. The Morgan fingerprint density at radius 3 is 2.13 bits per heavy atom. The molecule has 118 valence electrons. The standard InChI is InChI=1S/C18H18N2O3/c21-17(13-14-7-3-1-4-8-14)20-19-16(11-12-18(22)23)15-9-5-2-6-10-15/h1-10H,11-13H2,(H,20,21)(H,22,23). The Kier molecular flexibility index (Phi) is 6.06. The average Bonchev–Trinajstić information content (AvgIpc) is 2.56. The van der Waals surface area contributed by atoms with E-state index in [1.165, 1.54) is 0 Å². The van der Waals surface area contributed by atoms with Gasteiger partial charge in [0.1, 0.15) is 0 Å². The molecule has 0 spiro atoms. The van der Waals surface area contributed by atoms with Crippen LogP contribution in [0.25, 0.3) is 0 Å². The van der Waals surface area contributed by atoms with Crippen molar-refractivity contribution in [3.8, 4) is 0 Å². The van der Waals surface area contributed by atoms with Gasteiger partial charge in [-0.2, -0.15) is 5.10 Å². The fraction of sp³-hybridized carbons (Fsp3) is 0.167. The molecule has 2 rings (SSSR count). The minimum atomic E-state index is -0.899. The van der Waals surface area contributed by atoms with Crippen molar-refractivity contribution in [2.24, 2.45) is 5.10 Å². The van der Waals surface area contributed by atoms with Gasteiger partial charge in [0, 0.05) is 6.42 Å². The summed E-state index contributed by atoms with van der Waals surface area (Å²) in [5.74, 6) is -1.14. The molecule has 5 heteroatoms. The lowest BCUT2D eigenvalue weighted by Crippen LogP contribution is -2.22. The molecule has 2 aromatic rings. The monoisotopic (exact) mass is 310 g/mol. The molecular formula is C18H18N2O3. The third-order valence-corrected chi connectivity index (χ3v) is 3.21. The number of carboxylic acid groups (broad SMARTS) is 1. The Morgan fingerprint density at radius 2 is 1.52 bits per heavy atom.